The standard InChI is InChI=1S/C17H24N2OS/c1-19(17(21)18-12-14-8-5-11-20-14)16-10-4-7-13-6-2-3-9-15(13)16/h2-3,6,9,14,16H,4-5,7-8,10-12H2,1H3,(H,18,21)/t14-,16-/m0/s1. The third-order valence-electron chi connectivity index (χ3n) is 4.63. The van der Waals surface area contributed by atoms with Crippen LogP contribution in [0.25, 0.3) is 0 Å². The van der Waals surface area contributed by atoms with Gasteiger partial charge < -0.3 is 15.0 Å². The van der Waals surface area contributed by atoms with Crippen LogP contribution in [-0.2, 0) is 11.2 Å². The van der Waals surface area contributed by atoms with Crippen LogP contribution in [0.3, 0.4) is 0 Å². The van der Waals surface area contributed by atoms with Crippen LogP contribution in [0, 0.1) is 0 Å². The number of aryl methyl sites for hydroxylation is 1. The van der Waals surface area contributed by atoms with Gasteiger partial charge in [-0.05, 0) is 55.4 Å². The van der Waals surface area contributed by atoms with Crippen molar-refractivity contribution in [2.24, 2.45) is 0 Å². The van der Waals surface area contributed by atoms with Gasteiger partial charge in [0.15, 0.2) is 5.11 Å². The van der Waals surface area contributed by atoms with Gasteiger partial charge in [0, 0.05) is 20.2 Å². The van der Waals surface area contributed by atoms with Gasteiger partial charge in [-0.15, -0.1) is 0 Å². The molecule has 1 heterocycles. The highest BCUT2D eigenvalue weighted by molar-refractivity contribution is 7.80. The quantitative estimate of drug-likeness (QED) is 0.868. The second kappa shape index (κ2) is 6.75. The van der Waals surface area contributed by atoms with E-state index in [1.54, 1.807) is 0 Å². The summed E-state index contributed by atoms with van der Waals surface area (Å²) in [5.41, 5.74) is 2.91. The molecule has 0 radical (unpaired) electrons. The van der Waals surface area contributed by atoms with Gasteiger partial charge in [0.05, 0.1) is 12.1 Å². The SMILES string of the molecule is CN(C(=S)NC[C@@H]1CCCO1)[C@H]1CCCc2ccccc21. The number of hydrogen-bond donors (Lipinski definition) is 1. The first-order valence-corrected chi connectivity index (χ1v) is 8.36. The molecule has 0 unspecified atom stereocenters. The van der Waals surface area contributed by atoms with E-state index in [4.69, 9.17) is 17.0 Å². The van der Waals surface area contributed by atoms with Crippen molar-refractivity contribution in [3.8, 4) is 0 Å². The summed E-state index contributed by atoms with van der Waals surface area (Å²) >= 11 is 5.58. The van der Waals surface area contributed by atoms with Crippen molar-refractivity contribution in [2.75, 3.05) is 20.2 Å². The number of nitrogens with zero attached hydrogens (tertiary/aromatic N) is 1. The summed E-state index contributed by atoms with van der Waals surface area (Å²) in [5.74, 6) is 0. The van der Waals surface area contributed by atoms with Gasteiger partial charge >= 0.3 is 0 Å². The third-order valence-corrected chi connectivity index (χ3v) is 5.06. The van der Waals surface area contributed by atoms with Crippen molar-refractivity contribution in [3.63, 3.8) is 0 Å². The van der Waals surface area contributed by atoms with Gasteiger partial charge in [0.1, 0.15) is 0 Å². The Bertz CT molecular complexity index is 499. The van der Waals surface area contributed by atoms with E-state index >= 15 is 0 Å². The lowest BCUT2D eigenvalue weighted by Crippen LogP contribution is -2.43. The molecule has 2 atom stereocenters. The monoisotopic (exact) mass is 304 g/mol. The number of rotatable bonds is 3. The van der Waals surface area contributed by atoms with Gasteiger partial charge in [-0.1, -0.05) is 24.3 Å². The summed E-state index contributed by atoms with van der Waals surface area (Å²) in [5, 5.41) is 4.22. The Morgan fingerprint density at radius 3 is 3.00 bits per heavy atom. The Hall–Kier alpha value is -1.13. The van der Waals surface area contributed by atoms with E-state index in [1.807, 2.05) is 0 Å². The molecule has 3 rings (SSSR count). The second-order valence-electron chi connectivity index (χ2n) is 6.04. The maximum Gasteiger partial charge on any atom is 0.169 e. The number of benzene rings is 1. The molecule has 1 N–H and O–H groups in total. The number of hydrogen-bond acceptors (Lipinski definition) is 2. The summed E-state index contributed by atoms with van der Waals surface area (Å²) in [6, 6.07) is 9.17. The minimum atomic E-state index is 0.329. The van der Waals surface area contributed by atoms with Crippen molar-refractivity contribution in [1.82, 2.24) is 10.2 Å². The van der Waals surface area contributed by atoms with Crippen molar-refractivity contribution >= 4 is 17.3 Å². The van der Waals surface area contributed by atoms with E-state index in [0.717, 1.165) is 24.7 Å². The number of thiocarbonyl (C=S) groups is 1. The Kier molecular flexibility index (Phi) is 4.76. The molecule has 1 aromatic carbocycles. The smallest absolute Gasteiger partial charge is 0.169 e. The molecule has 114 valence electrons. The molecule has 0 amide bonds. The van der Waals surface area contributed by atoms with Crippen LogP contribution in [0.1, 0.15) is 42.9 Å². The highest BCUT2D eigenvalue weighted by atomic mass is 32.1. The molecule has 21 heavy (non-hydrogen) atoms. The van der Waals surface area contributed by atoms with Crippen molar-refractivity contribution < 1.29 is 4.74 Å². The normalized spacial score (nSPS) is 24.4. The molecule has 4 heteroatoms. The molecule has 2 aliphatic rings. The van der Waals surface area contributed by atoms with Crippen molar-refractivity contribution in [1.29, 1.82) is 0 Å². The molecular weight excluding hydrogens is 280 g/mol. The summed E-state index contributed by atoms with van der Waals surface area (Å²) in [6.07, 6.45) is 6.25. The molecular formula is C17H24N2OS. The van der Waals surface area contributed by atoms with Gasteiger partial charge in [0.2, 0.25) is 0 Å². The van der Waals surface area contributed by atoms with Crippen LogP contribution in [-0.4, -0.2) is 36.3 Å². The van der Waals surface area contributed by atoms with Crippen LogP contribution < -0.4 is 5.32 Å². The lowest BCUT2D eigenvalue weighted by atomic mass is 9.87. The van der Waals surface area contributed by atoms with E-state index in [2.05, 4.69) is 41.5 Å². The van der Waals surface area contributed by atoms with Crippen LogP contribution in [0.5, 0.6) is 0 Å². The molecule has 0 aromatic heterocycles. The highest BCUT2D eigenvalue weighted by Gasteiger charge is 2.25. The summed E-state index contributed by atoms with van der Waals surface area (Å²) in [6.45, 7) is 1.72. The zero-order chi connectivity index (χ0) is 14.7. The molecule has 1 aromatic rings. The predicted molar refractivity (Wildman–Crippen MR) is 89.5 cm³/mol. The predicted octanol–water partition coefficient (Wildman–Crippen LogP) is 3.05. The van der Waals surface area contributed by atoms with Crippen LogP contribution in [0.4, 0.5) is 0 Å². The first kappa shape index (κ1) is 14.8. The van der Waals surface area contributed by atoms with Crippen LogP contribution in [0.15, 0.2) is 24.3 Å². The van der Waals surface area contributed by atoms with Crippen LogP contribution in [0.2, 0.25) is 0 Å². The van der Waals surface area contributed by atoms with E-state index in [9.17, 15) is 0 Å². The van der Waals surface area contributed by atoms with Crippen molar-refractivity contribution in [3.05, 3.63) is 35.4 Å². The maximum absolute atomic E-state index is 5.64. The fourth-order valence-corrected chi connectivity index (χ4v) is 3.61. The summed E-state index contributed by atoms with van der Waals surface area (Å²) < 4.78 is 5.64. The average Bonchev–Trinajstić information content (AvgIpc) is 3.05. The summed E-state index contributed by atoms with van der Waals surface area (Å²) in [7, 11) is 2.11. The molecule has 0 bridgehead atoms. The van der Waals surface area contributed by atoms with E-state index < -0.39 is 0 Å². The molecule has 3 nitrogen and oxygen atoms in total. The number of nitrogens with one attached hydrogen (secondary N) is 1. The van der Waals surface area contributed by atoms with Gasteiger partial charge in [0.25, 0.3) is 0 Å². The lowest BCUT2D eigenvalue weighted by molar-refractivity contribution is 0.113. The van der Waals surface area contributed by atoms with Gasteiger partial charge in [-0.2, -0.15) is 0 Å². The summed E-state index contributed by atoms with van der Waals surface area (Å²) in [4.78, 5) is 2.22. The lowest BCUT2D eigenvalue weighted by Gasteiger charge is -2.35. The highest BCUT2D eigenvalue weighted by Crippen LogP contribution is 2.33. The van der Waals surface area contributed by atoms with Crippen molar-refractivity contribution in [2.45, 2.75) is 44.2 Å². The average molecular weight is 304 g/mol. The third kappa shape index (κ3) is 3.38. The van der Waals surface area contributed by atoms with E-state index in [-0.39, 0.29) is 0 Å². The molecule has 1 aliphatic heterocycles. The first-order chi connectivity index (χ1) is 10.3. The first-order valence-electron chi connectivity index (χ1n) is 7.96. The Morgan fingerprint density at radius 1 is 1.33 bits per heavy atom. The van der Waals surface area contributed by atoms with Gasteiger partial charge in [-0.3, -0.25) is 0 Å². The van der Waals surface area contributed by atoms with E-state index in [0.29, 0.717) is 12.1 Å². The minimum Gasteiger partial charge on any atom is -0.376 e. The van der Waals surface area contributed by atoms with Crippen LogP contribution >= 0.6 is 12.2 Å². The van der Waals surface area contributed by atoms with Gasteiger partial charge in [-0.25, -0.2) is 0 Å². The fourth-order valence-electron chi connectivity index (χ4n) is 3.40. The molecule has 0 saturated carbocycles. The molecule has 1 aliphatic carbocycles. The Labute approximate surface area is 132 Å². The zero-order valence-corrected chi connectivity index (χ0v) is 13.5. The zero-order valence-electron chi connectivity index (χ0n) is 12.7. The fraction of sp³-hybridized carbons (Fsp3) is 0.588. The topological polar surface area (TPSA) is 24.5 Å². The number of fused-ring (bicyclic) bond motifs is 1. The Balaban J connectivity index is 1.62. The molecule has 1 saturated heterocycles. The second-order valence-corrected chi connectivity index (χ2v) is 6.43. The Morgan fingerprint density at radius 2 is 2.19 bits per heavy atom. The minimum absolute atomic E-state index is 0.329. The van der Waals surface area contributed by atoms with E-state index in [1.165, 1.54) is 36.8 Å². The maximum atomic E-state index is 5.64. The number of ether oxygens (including phenoxy) is 1. The molecule has 0 spiro atoms. The molecule has 1 fully saturated rings. The largest absolute Gasteiger partial charge is 0.376 e.